The van der Waals surface area contributed by atoms with Gasteiger partial charge in [0.2, 0.25) is 0 Å². The summed E-state index contributed by atoms with van der Waals surface area (Å²) in [7, 11) is 0. The molecule has 0 amide bonds. The summed E-state index contributed by atoms with van der Waals surface area (Å²) in [4.78, 5) is 16.9. The molecule has 0 aliphatic carbocycles. The lowest BCUT2D eigenvalue weighted by atomic mass is 10.1. The van der Waals surface area contributed by atoms with Gasteiger partial charge in [0.05, 0.1) is 21.5 Å². The van der Waals surface area contributed by atoms with Crippen LogP contribution in [-0.4, -0.2) is 20.6 Å². The van der Waals surface area contributed by atoms with Crippen LogP contribution in [0.5, 0.6) is 0 Å². The lowest BCUT2D eigenvalue weighted by Gasteiger charge is -2.15. The van der Waals surface area contributed by atoms with Gasteiger partial charge in [-0.25, -0.2) is 9.78 Å². The van der Waals surface area contributed by atoms with Crippen LogP contribution in [0.1, 0.15) is 34.0 Å². The van der Waals surface area contributed by atoms with Crippen molar-refractivity contribution in [2.45, 2.75) is 19.9 Å². The number of aryl methyl sites for hydroxylation is 1. The second kappa shape index (κ2) is 5.16. The fourth-order valence-electron chi connectivity index (χ4n) is 2.57. The average Bonchev–Trinajstić information content (AvgIpc) is 3.00. The van der Waals surface area contributed by atoms with Crippen molar-refractivity contribution in [1.82, 2.24) is 9.55 Å². The van der Waals surface area contributed by atoms with E-state index >= 15 is 0 Å². The standard InChI is InChI=1S/C15H13ClN2O2S/c1-8(12-6-7-13(16)21-12)18-9(2)17-14-10(15(19)20)4-3-5-11(14)18/h3-8H,1-2H3,(H,19,20). The van der Waals surface area contributed by atoms with Crippen LogP contribution in [0.4, 0.5) is 0 Å². The highest BCUT2D eigenvalue weighted by Crippen LogP contribution is 2.32. The molecule has 2 aromatic heterocycles. The van der Waals surface area contributed by atoms with Crippen LogP contribution in [0.3, 0.4) is 0 Å². The number of benzene rings is 1. The maximum atomic E-state index is 11.3. The second-order valence-corrected chi connectivity index (χ2v) is 6.57. The highest BCUT2D eigenvalue weighted by Gasteiger charge is 2.19. The van der Waals surface area contributed by atoms with Gasteiger partial charge in [-0.05, 0) is 38.1 Å². The largest absolute Gasteiger partial charge is 0.478 e. The highest BCUT2D eigenvalue weighted by atomic mass is 35.5. The molecule has 0 bridgehead atoms. The quantitative estimate of drug-likeness (QED) is 0.779. The number of rotatable bonds is 3. The number of carbonyl (C=O) groups is 1. The third-order valence-corrected chi connectivity index (χ3v) is 4.92. The Balaban J connectivity index is 2.21. The predicted octanol–water partition coefficient (Wildman–Crippen LogP) is 4.37. The topological polar surface area (TPSA) is 55.1 Å². The normalized spacial score (nSPS) is 12.7. The maximum absolute atomic E-state index is 11.3. The molecule has 1 atom stereocenters. The molecule has 0 saturated heterocycles. The maximum Gasteiger partial charge on any atom is 0.337 e. The summed E-state index contributed by atoms with van der Waals surface area (Å²) in [5.41, 5.74) is 1.58. The zero-order valence-electron chi connectivity index (χ0n) is 11.5. The summed E-state index contributed by atoms with van der Waals surface area (Å²) in [6.07, 6.45) is 0. The summed E-state index contributed by atoms with van der Waals surface area (Å²) in [5.74, 6) is -0.173. The Bertz CT molecular complexity index is 837. The van der Waals surface area contributed by atoms with E-state index in [0.717, 1.165) is 20.6 Å². The first-order valence-corrected chi connectivity index (χ1v) is 7.64. The van der Waals surface area contributed by atoms with Crippen LogP contribution >= 0.6 is 22.9 Å². The Morgan fingerprint density at radius 2 is 2.14 bits per heavy atom. The van der Waals surface area contributed by atoms with Crippen molar-refractivity contribution >= 4 is 39.9 Å². The van der Waals surface area contributed by atoms with E-state index in [1.165, 1.54) is 11.3 Å². The molecule has 1 N–H and O–H groups in total. The molecule has 1 unspecified atom stereocenters. The molecular weight excluding hydrogens is 308 g/mol. The van der Waals surface area contributed by atoms with Crippen molar-refractivity contribution in [2.75, 3.05) is 0 Å². The van der Waals surface area contributed by atoms with Crippen LogP contribution in [-0.2, 0) is 0 Å². The van der Waals surface area contributed by atoms with E-state index in [9.17, 15) is 9.90 Å². The van der Waals surface area contributed by atoms with E-state index in [4.69, 9.17) is 11.6 Å². The van der Waals surface area contributed by atoms with Crippen LogP contribution in [0.2, 0.25) is 4.34 Å². The number of para-hydroxylation sites is 1. The Morgan fingerprint density at radius 1 is 1.38 bits per heavy atom. The molecule has 0 fully saturated rings. The van der Waals surface area contributed by atoms with Crippen molar-refractivity contribution in [3.8, 4) is 0 Å². The number of hydrogen-bond donors (Lipinski definition) is 1. The van der Waals surface area contributed by atoms with Crippen molar-refractivity contribution < 1.29 is 9.90 Å². The molecular formula is C15H13ClN2O2S. The highest BCUT2D eigenvalue weighted by molar-refractivity contribution is 7.16. The minimum Gasteiger partial charge on any atom is -0.478 e. The number of halogens is 1. The number of nitrogens with zero attached hydrogens (tertiary/aromatic N) is 2. The molecule has 21 heavy (non-hydrogen) atoms. The SMILES string of the molecule is Cc1nc2c(C(=O)O)cccc2n1C(C)c1ccc(Cl)s1. The summed E-state index contributed by atoms with van der Waals surface area (Å²) >= 11 is 7.53. The zero-order chi connectivity index (χ0) is 15.1. The minimum absolute atomic E-state index is 0.0524. The number of thiophene rings is 1. The summed E-state index contributed by atoms with van der Waals surface area (Å²) in [6.45, 7) is 3.95. The van der Waals surface area contributed by atoms with Crippen LogP contribution in [0, 0.1) is 6.92 Å². The van der Waals surface area contributed by atoms with Gasteiger partial charge in [0.1, 0.15) is 11.3 Å². The summed E-state index contributed by atoms with van der Waals surface area (Å²) in [6, 6.07) is 9.13. The van der Waals surface area contributed by atoms with Crippen molar-refractivity contribution in [2.24, 2.45) is 0 Å². The Labute approximate surface area is 130 Å². The molecule has 3 rings (SSSR count). The van der Waals surface area contributed by atoms with Gasteiger partial charge >= 0.3 is 5.97 Å². The van der Waals surface area contributed by atoms with E-state index in [1.54, 1.807) is 12.1 Å². The predicted molar refractivity (Wildman–Crippen MR) is 84.6 cm³/mol. The van der Waals surface area contributed by atoms with Gasteiger partial charge in [-0.1, -0.05) is 17.7 Å². The Kier molecular flexibility index (Phi) is 3.47. The van der Waals surface area contributed by atoms with Crippen molar-refractivity contribution in [3.63, 3.8) is 0 Å². The van der Waals surface area contributed by atoms with Gasteiger partial charge < -0.3 is 9.67 Å². The number of carboxylic acids is 1. The first-order valence-electron chi connectivity index (χ1n) is 6.45. The summed E-state index contributed by atoms with van der Waals surface area (Å²) in [5, 5.41) is 9.28. The lowest BCUT2D eigenvalue weighted by Crippen LogP contribution is -2.07. The zero-order valence-corrected chi connectivity index (χ0v) is 13.1. The average molecular weight is 321 g/mol. The van der Waals surface area contributed by atoms with Gasteiger partial charge in [-0.3, -0.25) is 0 Å². The monoisotopic (exact) mass is 320 g/mol. The molecule has 4 nitrogen and oxygen atoms in total. The van der Waals surface area contributed by atoms with Crippen molar-refractivity contribution in [1.29, 1.82) is 0 Å². The minimum atomic E-state index is -0.961. The Hall–Kier alpha value is -1.85. The number of carboxylic acid groups (broad SMARTS) is 1. The van der Waals surface area contributed by atoms with Gasteiger partial charge in [0.15, 0.2) is 0 Å². The second-order valence-electron chi connectivity index (χ2n) is 4.83. The fraction of sp³-hybridized carbons (Fsp3) is 0.200. The van der Waals surface area contributed by atoms with Crippen molar-refractivity contribution in [3.05, 3.63) is 50.9 Å². The molecule has 3 aromatic rings. The van der Waals surface area contributed by atoms with E-state index in [-0.39, 0.29) is 11.6 Å². The molecule has 0 radical (unpaired) electrons. The molecule has 0 aliphatic heterocycles. The molecule has 0 saturated carbocycles. The number of hydrogen-bond acceptors (Lipinski definition) is 3. The molecule has 108 valence electrons. The number of imidazole rings is 1. The van der Waals surface area contributed by atoms with Crippen LogP contribution < -0.4 is 0 Å². The molecule has 0 aliphatic rings. The summed E-state index contributed by atoms with van der Waals surface area (Å²) < 4.78 is 2.79. The number of aromatic carboxylic acids is 1. The fourth-order valence-corrected chi connectivity index (χ4v) is 3.68. The Morgan fingerprint density at radius 3 is 2.76 bits per heavy atom. The van der Waals surface area contributed by atoms with Gasteiger partial charge in [0.25, 0.3) is 0 Å². The smallest absolute Gasteiger partial charge is 0.337 e. The van der Waals surface area contributed by atoms with E-state index in [1.807, 2.05) is 29.7 Å². The first-order chi connectivity index (χ1) is 9.99. The molecule has 0 spiro atoms. The molecule has 1 aromatic carbocycles. The van der Waals surface area contributed by atoms with Gasteiger partial charge in [0, 0.05) is 4.88 Å². The van der Waals surface area contributed by atoms with E-state index in [0.29, 0.717) is 5.52 Å². The molecule has 2 heterocycles. The lowest BCUT2D eigenvalue weighted by molar-refractivity contribution is 0.0699. The van der Waals surface area contributed by atoms with Crippen LogP contribution in [0.25, 0.3) is 11.0 Å². The van der Waals surface area contributed by atoms with E-state index in [2.05, 4.69) is 11.9 Å². The molecule has 6 heteroatoms. The number of fused-ring (bicyclic) bond motifs is 1. The van der Waals surface area contributed by atoms with Crippen LogP contribution in [0.15, 0.2) is 30.3 Å². The first kappa shape index (κ1) is 14.1. The van der Waals surface area contributed by atoms with Gasteiger partial charge in [-0.15, -0.1) is 11.3 Å². The third-order valence-electron chi connectivity index (χ3n) is 3.52. The third kappa shape index (κ3) is 2.32. The van der Waals surface area contributed by atoms with E-state index < -0.39 is 5.97 Å². The van der Waals surface area contributed by atoms with Gasteiger partial charge in [-0.2, -0.15) is 0 Å². The number of aromatic nitrogens is 2.